The molecule has 0 saturated carbocycles. The van der Waals surface area contributed by atoms with Crippen molar-refractivity contribution >= 4 is 40.0 Å². The fourth-order valence-corrected chi connectivity index (χ4v) is 3.88. The van der Waals surface area contributed by atoms with Gasteiger partial charge in [0.05, 0.1) is 15.8 Å². The molecule has 0 aliphatic rings. The topological polar surface area (TPSA) is 78.0 Å². The van der Waals surface area contributed by atoms with Gasteiger partial charge in [0.2, 0.25) is 0 Å². The molecule has 0 aliphatic heterocycles. The fraction of sp³-hybridized carbons (Fsp3) is 0.300. The van der Waals surface area contributed by atoms with E-state index in [1.54, 1.807) is 34.9 Å². The maximum atomic E-state index is 13.0. The van der Waals surface area contributed by atoms with Gasteiger partial charge < -0.3 is 0 Å². The third kappa shape index (κ3) is 4.72. The zero-order valence-corrected chi connectivity index (χ0v) is 17.2. The van der Waals surface area contributed by atoms with E-state index in [9.17, 15) is 14.9 Å². The maximum absolute atomic E-state index is 13.0. The monoisotopic (exact) mass is 417 g/mol. The lowest BCUT2D eigenvalue weighted by molar-refractivity contribution is -0.384. The summed E-state index contributed by atoms with van der Waals surface area (Å²) >= 11 is 7.51. The second-order valence-corrected chi connectivity index (χ2v) is 8.29. The molecule has 0 amide bonds. The van der Waals surface area contributed by atoms with Crippen molar-refractivity contribution < 1.29 is 4.92 Å². The Morgan fingerprint density at radius 1 is 1.21 bits per heavy atom. The number of fused-ring (bicyclic) bond motifs is 1. The van der Waals surface area contributed by atoms with E-state index < -0.39 is 4.92 Å². The summed E-state index contributed by atoms with van der Waals surface area (Å²) in [5.41, 5.74) is 1.48. The van der Waals surface area contributed by atoms with Crippen molar-refractivity contribution in [1.29, 1.82) is 0 Å². The number of nitro benzene ring substituents is 1. The van der Waals surface area contributed by atoms with Gasteiger partial charge in [-0.2, -0.15) is 0 Å². The van der Waals surface area contributed by atoms with Crippen molar-refractivity contribution in [3.63, 3.8) is 0 Å². The Hall–Kier alpha value is -2.38. The van der Waals surface area contributed by atoms with Crippen molar-refractivity contribution in [3.05, 3.63) is 73.5 Å². The molecular formula is C20H20ClN3O3S. The zero-order chi connectivity index (χ0) is 20.3. The van der Waals surface area contributed by atoms with Gasteiger partial charge in [-0.05, 0) is 36.1 Å². The van der Waals surface area contributed by atoms with E-state index in [4.69, 9.17) is 11.6 Å². The molecule has 0 N–H and O–H groups in total. The highest BCUT2D eigenvalue weighted by Gasteiger charge is 2.13. The summed E-state index contributed by atoms with van der Waals surface area (Å²) in [6.07, 6.45) is 0.867. The minimum absolute atomic E-state index is 0.0565. The number of benzene rings is 2. The van der Waals surface area contributed by atoms with Crippen LogP contribution >= 0.6 is 23.4 Å². The van der Waals surface area contributed by atoms with E-state index in [0.717, 1.165) is 12.0 Å². The van der Waals surface area contributed by atoms with Crippen molar-refractivity contribution in [2.45, 2.75) is 37.7 Å². The number of aromatic nitrogens is 2. The molecular weight excluding hydrogens is 398 g/mol. The van der Waals surface area contributed by atoms with Crippen LogP contribution in [0.1, 0.15) is 25.8 Å². The molecule has 0 atom stereocenters. The predicted molar refractivity (Wildman–Crippen MR) is 113 cm³/mol. The minimum atomic E-state index is -0.421. The van der Waals surface area contributed by atoms with Crippen LogP contribution in [-0.2, 0) is 12.3 Å². The van der Waals surface area contributed by atoms with E-state index in [0.29, 0.717) is 39.3 Å². The van der Waals surface area contributed by atoms with Crippen LogP contribution < -0.4 is 5.56 Å². The highest BCUT2D eigenvalue weighted by Crippen LogP contribution is 2.25. The van der Waals surface area contributed by atoms with Crippen molar-refractivity contribution in [3.8, 4) is 0 Å². The Kier molecular flexibility index (Phi) is 6.36. The van der Waals surface area contributed by atoms with Gasteiger partial charge in [0.25, 0.3) is 11.2 Å². The summed E-state index contributed by atoms with van der Waals surface area (Å²) in [6.45, 7) is 4.82. The Bertz CT molecular complexity index is 1060. The largest absolute Gasteiger partial charge is 0.287 e. The fourth-order valence-electron chi connectivity index (χ4n) is 2.73. The van der Waals surface area contributed by atoms with E-state index in [1.165, 1.54) is 23.9 Å². The van der Waals surface area contributed by atoms with Gasteiger partial charge in [0.15, 0.2) is 5.16 Å². The molecule has 0 unspecified atom stereocenters. The van der Waals surface area contributed by atoms with Gasteiger partial charge in [-0.3, -0.25) is 19.5 Å². The molecule has 1 aromatic heterocycles. The van der Waals surface area contributed by atoms with Gasteiger partial charge in [-0.25, -0.2) is 4.98 Å². The molecule has 8 heteroatoms. The lowest BCUT2D eigenvalue weighted by Gasteiger charge is -2.14. The Balaban J connectivity index is 1.93. The van der Waals surface area contributed by atoms with Crippen LogP contribution in [0.3, 0.4) is 0 Å². The summed E-state index contributed by atoms with van der Waals surface area (Å²) in [6, 6.07) is 11.5. The lowest BCUT2D eigenvalue weighted by atomic mass is 10.1. The number of rotatable bonds is 7. The molecule has 0 saturated heterocycles. The standard InChI is InChI=1S/C20H20ClN3O3S/c1-13(2)9-10-23-19(25)17-8-5-15(21)11-18(17)22-20(23)28-12-14-3-6-16(7-4-14)24(26)27/h3-8,11,13H,9-10,12H2,1-2H3. The number of hydrogen-bond acceptors (Lipinski definition) is 5. The van der Waals surface area contributed by atoms with Crippen LogP contribution in [0, 0.1) is 16.0 Å². The first-order valence-corrected chi connectivity index (χ1v) is 10.3. The number of non-ortho nitro benzene ring substituents is 1. The van der Waals surface area contributed by atoms with Crippen LogP contribution in [0.2, 0.25) is 5.02 Å². The number of nitrogens with zero attached hydrogens (tertiary/aromatic N) is 3. The molecule has 0 radical (unpaired) electrons. The number of hydrogen-bond donors (Lipinski definition) is 0. The summed E-state index contributed by atoms with van der Waals surface area (Å²) < 4.78 is 1.71. The van der Waals surface area contributed by atoms with Crippen LogP contribution in [-0.4, -0.2) is 14.5 Å². The Morgan fingerprint density at radius 2 is 1.93 bits per heavy atom. The quantitative estimate of drug-likeness (QED) is 0.225. The molecule has 3 aromatic rings. The second kappa shape index (κ2) is 8.75. The number of halogens is 1. The van der Waals surface area contributed by atoms with Gasteiger partial charge in [-0.1, -0.05) is 49.3 Å². The van der Waals surface area contributed by atoms with Crippen LogP contribution in [0.25, 0.3) is 10.9 Å². The van der Waals surface area contributed by atoms with Crippen LogP contribution in [0.4, 0.5) is 5.69 Å². The molecule has 28 heavy (non-hydrogen) atoms. The summed E-state index contributed by atoms with van der Waals surface area (Å²) in [5, 5.41) is 12.5. The van der Waals surface area contributed by atoms with E-state index >= 15 is 0 Å². The summed E-state index contributed by atoms with van der Waals surface area (Å²) in [5.74, 6) is 1.01. The first kappa shape index (κ1) is 20.4. The van der Waals surface area contributed by atoms with Crippen LogP contribution in [0.5, 0.6) is 0 Å². The van der Waals surface area contributed by atoms with E-state index in [1.807, 2.05) is 0 Å². The molecule has 0 fully saturated rings. The molecule has 2 aromatic carbocycles. The molecule has 146 valence electrons. The third-order valence-corrected chi connectivity index (χ3v) is 5.61. The normalized spacial score (nSPS) is 11.3. The Morgan fingerprint density at radius 3 is 2.57 bits per heavy atom. The summed E-state index contributed by atoms with van der Waals surface area (Å²) in [7, 11) is 0. The average molecular weight is 418 g/mol. The lowest BCUT2D eigenvalue weighted by Crippen LogP contribution is -2.24. The molecule has 0 spiro atoms. The number of thioether (sulfide) groups is 1. The predicted octanol–water partition coefficient (Wildman–Crippen LogP) is 5.30. The van der Waals surface area contributed by atoms with Crippen molar-refractivity contribution in [2.24, 2.45) is 5.92 Å². The Labute approximate surface area is 171 Å². The molecule has 3 rings (SSSR count). The smallest absolute Gasteiger partial charge is 0.269 e. The first-order valence-electron chi connectivity index (χ1n) is 8.91. The average Bonchev–Trinajstić information content (AvgIpc) is 2.65. The minimum Gasteiger partial charge on any atom is -0.287 e. The maximum Gasteiger partial charge on any atom is 0.269 e. The van der Waals surface area contributed by atoms with Crippen LogP contribution in [0.15, 0.2) is 52.4 Å². The molecule has 6 nitrogen and oxygen atoms in total. The SMILES string of the molecule is CC(C)CCn1c(SCc2ccc([N+](=O)[O-])cc2)nc2cc(Cl)ccc2c1=O. The van der Waals surface area contributed by atoms with Crippen molar-refractivity contribution in [1.82, 2.24) is 9.55 Å². The van der Waals surface area contributed by atoms with Gasteiger partial charge >= 0.3 is 0 Å². The van der Waals surface area contributed by atoms with Gasteiger partial charge in [0, 0.05) is 29.5 Å². The highest BCUT2D eigenvalue weighted by atomic mass is 35.5. The summed E-state index contributed by atoms with van der Waals surface area (Å²) in [4.78, 5) is 28.0. The zero-order valence-electron chi connectivity index (χ0n) is 15.6. The first-order chi connectivity index (χ1) is 13.3. The highest BCUT2D eigenvalue weighted by molar-refractivity contribution is 7.98. The van der Waals surface area contributed by atoms with Gasteiger partial charge in [-0.15, -0.1) is 0 Å². The number of nitro groups is 1. The molecule has 0 aliphatic carbocycles. The van der Waals surface area contributed by atoms with E-state index in [-0.39, 0.29) is 11.2 Å². The second-order valence-electron chi connectivity index (χ2n) is 6.91. The molecule has 0 bridgehead atoms. The van der Waals surface area contributed by atoms with E-state index in [2.05, 4.69) is 18.8 Å². The van der Waals surface area contributed by atoms with Gasteiger partial charge in [0.1, 0.15) is 0 Å². The van der Waals surface area contributed by atoms with Crippen molar-refractivity contribution in [2.75, 3.05) is 0 Å². The third-order valence-electron chi connectivity index (χ3n) is 4.33. The molecule has 1 heterocycles.